The van der Waals surface area contributed by atoms with Crippen molar-refractivity contribution in [2.24, 2.45) is 5.73 Å². The summed E-state index contributed by atoms with van der Waals surface area (Å²) in [6.07, 6.45) is 2.19. The van der Waals surface area contributed by atoms with Crippen molar-refractivity contribution in [1.29, 1.82) is 0 Å². The third kappa shape index (κ3) is 2.40. The van der Waals surface area contributed by atoms with Gasteiger partial charge >= 0.3 is 0 Å². The number of nitrogens with two attached hydrogens (primary N) is 1. The third-order valence-electron chi connectivity index (χ3n) is 3.45. The van der Waals surface area contributed by atoms with Crippen LogP contribution in [0.1, 0.15) is 17.3 Å². The summed E-state index contributed by atoms with van der Waals surface area (Å²) >= 11 is 0. The number of halogens is 1. The quantitative estimate of drug-likeness (QED) is 0.786. The van der Waals surface area contributed by atoms with Gasteiger partial charge in [0.2, 0.25) is 0 Å². The molecule has 100 valence electrons. The van der Waals surface area contributed by atoms with Gasteiger partial charge in [0.25, 0.3) is 0 Å². The van der Waals surface area contributed by atoms with Gasteiger partial charge in [-0.2, -0.15) is 0 Å². The van der Waals surface area contributed by atoms with Crippen LogP contribution >= 0.6 is 0 Å². The normalized spacial score (nSPS) is 12.5. The molecule has 1 atom stereocenters. The predicted octanol–water partition coefficient (Wildman–Crippen LogP) is 3.62. The Kier molecular flexibility index (Phi) is 3.44. The van der Waals surface area contributed by atoms with E-state index in [-0.39, 0.29) is 11.9 Å². The van der Waals surface area contributed by atoms with Crippen LogP contribution in [0.5, 0.6) is 0 Å². The number of hydrogen-bond acceptors (Lipinski definition) is 2. The standard InChI is InChI=1S/C17H15FN2/c18-15-8-4-2-6-13(15)11-16(19)17-14-7-3-1-5-12(14)9-10-20-17/h1-10,16H,11,19H2. The fourth-order valence-corrected chi connectivity index (χ4v) is 2.44. The van der Waals surface area contributed by atoms with E-state index in [9.17, 15) is 4.39 Å². The van der Waals surface area contributed by atoms with Gasteiger partial charge in [-0.25, -0.2) is 4.39 Å². The lowest BCUT2D eigenvalue weighted by Crippen LogP contribution is -2.16. The molecule has 1 heterocycles. The van der Waals surface area contributed by atoms with Crippen LogP contribution in [0.2, 0.25) is 0 Å². The first-order valence-corrected chi connectivity index (χ1v) is 6.58. The molecule has 3 rings (SSSR count). The predicted molar refractivity (Wildman–Crippen MR) is 78.8 cm³/mol. The van der Waals surface area contributed by atoms with Crippen LogP contribution in [0, 0.1) is 5.82 Å². The van der Waals surface area contributed by atoms with Gasteiger partial charge in [-0.05, 0) is 29.5 Å². The summed E-state index contributed by atoms with van der Waals surface area (Å²) in [5.74, 6) is -0.219. The zero-order chi connectivity index (χ0) is 13.9. The topological polar surface area (TPSA) is 38.9 Å². The largest absolute Gasteiger partial charge is 0.322 e. The lowest BCUT2D eigenvalue weighted by atomic mass is 9.99. The molecule has 0 saturated carbocycles. The van der Waals surface area contributed by atoms with Gasteiger partial charge in [0, 0.05) is 11.6 Å². The van der Waals surface area contributed by atoms with Crippen molar-refractivity contribution in [2.75, 3.05) is 0 Å². The average Bonchev–Trinajstić information content (AvgIpc) is 2.49. The van der Waals surface area contributed by atoms with E-state index in [1.54, 1.807) is 18.3 Å². The number of benzene rings is 2. The molecule has 1 unspecified atom stereocenters. The summed E-state index contributed by atoms with van der Waals surface area (Å²) in [7, 11) is 0. The molecule has 1 aromatic heterocycles. The SMILES string of the molecule is NC(Cc1ccccc1F)c1nccc2ccccc12. The van der Waals surface area contributed by atoms with Crippen molar-refractivity contribution >= 4 is 10.8 Å². The summed E-state index contributed by atoms with van der Waals surface area (Å²) in [6, 6.07) is 16.3. The molecule has 3 heteroatoms. The number of pyridine rings is 1. The Morgan fingerprint density at radius 2 is 1.75 bits per heavy atom. The molecule has 20 heavy (non-hydrogen) atoms. The second-order valence-electron chi connectivity index (χ2n) is 4.82. The zero-order valence-corrected chi connectivity index (χ0v) is 11.0. The molecule has 2 nitrogen and oxygen atoms in total. The highest BCUT2D eigenvalue weighted by Gasteiger charge is 2.13. The van der Waals surface area contributed by atoms with E-state index in [0.717, 1.165) is 16.5 Å². The van der Waals surface area contributed by atoms with E-state index >= 15 is 0 Å². The second kappa shape index (κ2) is 5.39. The Balaban J connectivity index is 1.97. The van der Waals surface area contributed by atoms with Crippen LogP contribution in [0.3, 0.4) is 0 Å². The van der Waals surface area contributed by atoms with E-state index in [2.05, 4.69) is 4.98 Å². The molecular formula is C17H15FN2. The highest BCUT2D eigenvalue weighted by Crippen LogP contribution is 2.23. The Hall–Kier alpha value is -2.26. The molecule has 2 aromatic carbocycles. The van der Waals surface area contributed by atoms with Gasteiger partial charge in [0.05, 0.1) is 11.7 Å². The number of aromatic nitrogens is 1. The molecule has 0 amide bonds. The number of fused-ring (bicyclic) bond motifs is 1. The van der Waals surface area contributed by atoms with E-state index < -0.39 is 0 Å². The van der Waals surface area contributed by atoms with Crippen molar-refractivity contribution in [3.63, 3.8) is 0 Å². The number of hydrogen-bond donors (Lipinski definition) is 1. The van der Waals surface area contributed by atoms with Gasteiger partial charge < -0.3 is 5.73 Å². The summed E-state index contributed by atoms with van der Waals surface area (Å²) < 4.78 is 13.7. The maximum atomic E-state index is 13.7. The summed E-state index contributed by atoms with van der Waals surface area (Å²) in [5, 5.41) is 2.13. The van der Waals surface area contributed by atoms with Gasteiger partial charge in [0.15, 0.2) is 0 Å². The maximum Gasteiger partial charge on any atom is 0.126 e. The zero-order valence-electron chi connectivity index (χ0n) is 11.0. The molecule has 0 saturated heterocycles. The van der Waals surface area contributed by atoms with Crippen molar-refractivity contribution in [2.45, 2.75) is 12.5 Å². The van der Waals surface area contributed by atoms with E-state index in [1.165, 1.54) is 6.07 Å². The van der Waals surface area contributed by atoms with Gasteiger partial charge in [-0.15, -0.1) is 0 Å². The summed E-state index contributed by atoms with van der Waals surface area (Å²) in [5.41, 5.74) is 7.66. The van der Waals surface area contributed by atoms with Crippen molar-refractivity contribution in [3.8, 4) is 0 Å². The summed E-state index contributed by atoms with van der Waals surface area (Å²) in [4.78, 5) is 4.39. The Bertz CT molecular complexity index is 734. The molecule has 0 aliphatic rings. The van der Waals surface area contributed by atoms with Crippen LogP contribution in [-0.2, 0) is 6.42 Å². The van der Waals surface area contributed by atoms with Gasteiger partial charge in [0.1, 0.15) is 5.82 Å². The maximum absolute atomic E-state index is 13.7. The average molecular weight is 266 g/mol. The molecule has 0 bridgehead atoms. The first-order valence-electron chi connectivity index (χ1n) is 6.58. The Labute approximate surface area is 117 Å². The van der Waals surface area contributed by atoms with Gasteiger partial charge in [-0.1, -0.05) is 42.5 Å². The lowest BCUT2D eigenvalue weighted by Gasteiger charge is -2.14. The molecule has 0 aliphatic heterocycles. The van der Waals surface area contributed by atoms with Crippen molar-refractivity contribution < 1.29 is 4.39 Å². The fourth-order valence-electron chi connectivity index (χ4n) is 2.44. The molecule has 0 radical (unpaired) electrons. The van der Waals surface area contributed by atoms with E-state index in [4.69, 9.17) is 5.73 Å². The lowest BCUT2D eigenvalue weighted by molar-refractivity contribution is 0.591. The minimum atomic E-state index is -0.321. The minimum absolute atomic E-state index is 0.219. The molecule has 0 spiro atoms. The van der Waals surface area contributed by atoms with Crippen molar-refractivity contribution in [3.05, 3.63) is 77.9 Å². The molecular weight excluding hydrogens is 251 g/mol. The molecule has 0 aliphatic carbocycles. The number of nitrogens with zero attached hydrogens (tertiary/aromatic N) is 1. The van der Waals surface area contributed by atoms with Crippen LogP contribution in [0.25, 0.3) is 10.8 Å². The molecule has 0 fully saturated rings. The third-order valence-corrected chi connectivity index (χ3v) is 3.45. The first-order chi connectivity index (χ1) is 9.75. The van der Waals surface area contributed by atoms with E-state index in [0.29, 0.717) is 12.0 Å². The van der Waals surface area contributed by atoms with Crippen LogP contribution < -0.4 is 5.73 Å². The van der Waals surface area contributed by atoms with Crippen molar-refractivity contribution in [1.82, 2.24) is 4.98 Å². The van der Waals surface area contributed by atoms with Gasteiger partial charge in [-0.3, -0.25) is 4.98 Å². The first kappa shape index (κ1) is 12.8. The van der Waals surface area contributed by atoms with E-state index in [1.807, 2.05) is 36.4 Å². The fraction of sp³-hybridized carbons (Fsp3) is 0.118. The van der Waals surface area contributed by atoms with Crippen LogP contribution in [0.15, 0.2) is 60.8 Å². The number of rotatable bonds is 3. The monoisotopic (exact) mass is 266 g/mol. The minimum Gasteiger partial charge on any atom is -0.322 e. The Morgan fingerprint density at radius 3 is 2.60 bits per heavy atom. The summed E-state index contributed by atoms with van der Waals surface area (Å²) in [6.45, 7) is 0. The Morgan fingerprint density at radius 1 is 1.00 bits per heavy atom. The second-order valence-corrected chi connectivity index (χ2v) is 4.82. The molecule has 3 aromatic rings. The highest BCUT2D eigenvalue weighted by atomic mass is 19.1. The van der Waals surface area contributed by atoms with Crippen LogP contribution in [-0.4, -0.2) is 4.98 Å². The highest BCUT2D eigenvalue weighted by molar-refractivity contribution is 5.84. The van der Waals surface area contributed by atoms with Crippen LogP contribution in [0.4, 0.5) is 4.39 Å². The smallest absolute Gasteiger partial charge is 0.126 e. The molecule has 2 N–H and O–H groups in total.